The molecule has 4 heteroatoms. The Balaban J connectivity index is 2.27. The van der Waals surface area contributed by atoms with Crippen LogP contribution in [0.25, 0.3) is 0 Å². The molecule has 0 amide bonds. The van der Waals surface area contributed by atoms with Crippen LogP contribution in [-0.4, -0.2) is 32.3 Å². The Bertz CT molecular complexity index is 262. The van der Waals surface area contributed by atoms with Crippen molar-refractivity contribution in [2.75, 3.05) is 11.5 Å². The molecule has 0 fully saturated rings. The number of rotatable bonds is 6. The fourth-order valence-corrected chi connectivity index (χ4v) is 2.00. The Hall–Kier alpha value is -0.480. The molecule has 0 spiro atoms. The lowest BCUT2D eigenvalue weighted by Gasteiger charge is -2.09. The quantitative estimate of drug-likeness (QED) is 0.729. The van der Waals surface area contributed by atoms with E-state index >= 15 is 0 Å². The van der Waals surface area contributed by atoms with Gasteiger partial charge in [0.25, 0.3) is 0 Å². The maximum atomic E-state index is 9.71. The third-order valence-electron chi connectivity index (χ3n) is 2.14. The second kappa shape index (κ2) is 6.09. The zero-order valence-corrected chi connectivity index (χ0v) is 9.63. The summed E-state index contributed by atoms with van der Waals surface area (Å²) in [6.07, 6.45) is 4.93. The Morgan fingerprint density at radius 1 is 1.64 bits per heavy atom. The molecule has 0 aromatic carbocycles. The van der Waals surface area contributed by atoms with E-state index in [-0.39, 0.29) is 6.10 Å². The van der Waals surface area contributed by atoms with E-state index in [4.69, 9.17) is 0 Å². The highest BCUT2D eigenvalue weighted by Crippen LogP contribution is 2.08. The molecule has 0 saturated heterocycles. The summed E-state index contributed by atoms with van der Waals surface area (Å²) >= 11 is 1.87. The van der Waals surface area contributed by atoms with Crippen LogP contribution < -0.4 is 0 Å². The van der Waals surface area contributed by atoms with Gasteiger partial charge in [-0.3, -0.25) is 0 Å². The molecule has 0 radical (unpaired) electrons. The number of aromatic nitrogens is 2. The van der Waals surface area contributed by atoms with E-state index in [2.05, 4.69) is 11.9 Å². The van der Waals surface area contributed by atoms with E-state index in [0.717, 1.165) is 23.8 Å². The first kappa shape index (κ1) is 11.6. The molecule has 3 nitrogen and oxygen atoms in total. The van der Waals surface area contributed by atoms with Gasteiger partial charge in [0.05, 0.1) is 6.10 Å². The van der Waals surface area contributed by atoms with Crippen LogP contribution in [0.3, 0.4) is 0 Å². The van der Waals surface area contributed by atoms with Crippen LogP contribution in [0.2, 0.25) is 0 Å². The standard InChI is InChI=1S/C10H18N2OS/c1-3-14-7-4-9(13)8-10-11-5-6-12(10)2/h5-6,9,13H,3-4,7-8H2,1-2H3. The van der Waals surface area contributed by atoms with Crippen LogP contribution in [0.15, 0.2) is 12.4 Å². The van der Waals surface area contributed by atoms with Gasteiger partial charge in [-0.15, -0.1) is 0 Å². The molecule has 1 N–H and O–H groups in total. The number of thioether (sulfide) groups is 1. The molecule has 1 rings (SSSR count). The Morgan fingerprint density at radius 2 is 2.43 bits per heavy atom. The van der Waals surface area contributed by atoms with Crippen molar-refractivity contribution in [2.45, 2.75) is 25.9 Å². The monoisotopic (exact) mass is 214 g/mol. The molecule has 0 aliphatic rings. The predicted octanol–water partition coefficient (Wildman–Crippen LogP) is 1.47. The summed E-state index contributed by atoms with van der Waals surface area (Å²) in [5.74, 6) is 3.11. The minimum absolute atomic E-state index is 0.254. The fourth-order valence-electron chi connectivity index (χ4n) is 1.27. The molecule has 80 valence electrons. The lowest BCUT2D eigenvalue weighted by Crippen LogP contribution is -2.14. The first-order valence-electron chi connectivity index (χ1n) is 4.96. The molecular formula is C10H18N2OS. The zero-order valence-electron chi connectivity index (χ0n) is 8.81. The highest BCUT2D eigenvalue weighted by atomic mass is 32.2. The largest absolute Gasteiger partial charge is 0.393 e. The lowest BCUT2D eigenvalue weighted by atomic mass is 10.2. The van der Waals surface area contributed by atoms with Crippen LogP contribution in [0.1, 0.15) is 19.2 Å². The van der Waals surface area contributed by atoms with Crippen LogP contribution >= 0.6 is 11.8 Å². The first-order chi connectivity index (χ1) is 6.74. The second-order valence-corrected chi connectivity index (χ2v) is 4.69. The summed E-state index contributed by atoms with van der Waals surface area (Å²) in [6.45, 7) is 2.13. The molecule has 1 aromatic rings. The van der Waals surface area contributed by atoms with Gasteiger partial charge in [0.15, 0.2) is 0 Å². The molecule has 1 heterocycles. The summed E-state index contributed by atoms with van der Waals surface area (Å²) in [5.41, 5.74) is 0. The summed E-state index contributed by atoms with van der Waals surface area (Å²) in [7, 11) is 1.95. The van der Waals surface area contributed by atoms with Gasteiger partial charge < -0.3 is 9.67 Å². The van der Waals surface area contributed by atoms with Crippen molar-refractivity contribution in [2.24, 2.45) is 7.05 Å². The van der Waals surface area contributed by atoms with Crippen molar-refractivity contribution in [1.29, 1.82) is 0 Å². The third kappa shape index (κ3) is 3.72. The molecule has 0 bridgehead atoms. The van der Waals surface area contributed by atoms with Crippen molar-refractivity contribution in [3.05, 3.63) is 18.2 Å². The number of hydrogen-bond acceptors (Lipinski definition) is 3. The van der Waals surface area contributed by atoms with Gasteiger partial charge >= 0.3 is 0 Å². The maximum Gasteiger partial charge on any atom is 0.110 e. The first-order valence-corrected chi connectivity index (χ1v) is 6.11. The number of imidazole rings is 1. The van der Waals surface area contributed by atoms with Gasteiger partial charge in [0, 0.05) is 25.9 Å². The van der Waals surface area contributed by atoms with Crippen molar-refractivity contribution >= 4 is 11.8 Å². The Morgan fingerprint density at radius 3 is 3.00 bits per heavy atom. The van der Waals surface area contributed by atoms with E-state index in [1.165, 1.54) is 0 Å². The summed E-state index contributed by atoms with van der Waals surface area (Å²) in [4.78, 5) is 4.18. The Labute approximate surface area is 89.5 Å². The van der Waals surface area contributed by atoms with Crippen molar-refractivity contribution in [1.82, 2.24) is 9.55 Å². The Kier molecular flexibility index (Phi) is 5.04. The van der Waals surface area contributed by atoms with Gasteiger partial charge in [-0.05, 0) is 17.9 Å². The topological polar surface area (TPSA) is 38.1 Å². The van der Waals surface area contributed by atoms with E-state index in [0.29, 0.717) is 6.42 Å². The van der Waals surface area contributed by atoms with Gasteiger partial charge in [-0.1, -0.05) is 6.92 Å². The lowest BCUT2D eigenvalue weighted by molar-refractivity contribution is 0.168. The number of aryl methyl sites for hydroxylation is 1. The minimum Gasteiger partial charge on any atom is -0.393 e. The van der Waals surface area contributed by atoms with Crippen LogP contribution in [0, 0.1) is 0 Å². The summed E-state index contributed by atoms with van der Waals surface area (Å²) < 4.78 is 1.95. The highest BCUT2D eigenvalue weighted by Gasteiger charge is 2.08. The predicted molar refractivity (Wildman–Crippen MR) is 60.5 cm³/mol. The molecule has 14 heavy (non-hydrogen) atoms. The molecule has 1 unspecified atom stereocenters. The van der Waals surface area contributed by atoms with Crippen LogP contribution in [0.4, 0.5) is 0 Å². The van der Waals surface area contributed by atoms with Crippen LogP contribution in [-0.2, 0) is 13.5 Å². The smallest absolute Gasteiger partial charge is 0.110 e. The maximum absolute atomic E-state index is 9.71. The van der Waals surface area contributed by atoms with Crippen molar-refractivity contribution < 1.29 is 5.11 Å². The summed E-state index contributed by atoms with van der Waals surface area (Å²) in [5, 5.41) is 9.71. The van der Waals surface area contributed by atoms with E-state index in [9.17, 15) is 5.11 Å². The molecule has 0 aliphatic heterocycles. The normalized spacial score (nSPS) is 13.1. The number of aliphatic hydroxyl groups is 1. The molecule has 0 aliphatic carbocycles. The third-order valence-corrected chi connectivity index (χ3v) is 3.07. The van der Waals surface area contributed by atoms with Crippen LogP contribution in [0.5, 0.6) is 0 Å². The average Bonchev–Trinajstić information content (AvgIpc) is 2.52. The SMILES string of the molecule is CCSCCC(O)Cc1nccn1C. The number of aliphatic hydroxyl groups excluding tert-OH is 1. The van der Waals surface area contributed by atoms with Crippen molar-refractivity contribution in [3.63, 3.8) is 0 Å². The fraction of sp³-hybridized carbons (Fsp3) is 0.700. The van der Waals surface area contributed by atoms with Crippen molar-refractivity contribution in [3.8, 4) is 0 Å². The molecule has 1 atom stereocenters. The van der Waals surface area contributed by atoms with E-state index in [1.807, 2.05) is 29.6 Å². The zero-order chi connectivity index (χ0) is 10.4. The van der Waals surface area contributed by atoms with Gasteiger partial charge in [0.2, 0.25) is 0 Å². The highest BCUT2D eigenvalue weighted by molar-refractivity contribution is 7.99. The average molecular weight is 214 g/mol. The number of hydrogen-bond donors (Lipinski definition) is 1. The number of nitrogens with zero attached hydrogens (tertiary/aromatic N) is 2. The molecule has 0 saturated carbocycles. The van der Waals surface area contributed by atoms with Gasteiger partial charge in [0.1, 0.15) is 5.82 Å². The van der Waals surface area contributed by atoms with E-state index in [1.54, 1.807) is 6.20 Å². The van der Waals surface area contributed by atoms with Gasteiger partial charge in [-0.25, -0.2) is 4.98 Å². The molecular weight excluding hydrogens is 196 g/mol. The van der Waals surface area contributed by atoms with Gasteiger partial charge in [-0.2, -0.15) is 11.8 Å². The minimum atomic E-state index is -0.254. The summed E-state index contributed by atoms with van der Waals surface area (Å²) in [6, 6.07) is 0. The van der Waals surface area contributed by atoms with E-state index < -0.39 is 0 Å². The second-order valence-electron chi connectivity index (χ2n) is 3.30. The molecule has 1 aromatic heterocycles.